The largest absolute Gasteiger partial charge is 0.280 e. The van der Waals surface area contributed by atoms with Gasteiger partial charge >= 0.3 is 0 Å². The van der Waals surface area contributed by atoms with Gasteiger partial charge in [0, 0.05) is 41.7 Å². The monoisotopic (exact) mass is 405 g/mol. The molecule has 0 atom stereocenters. The fraction of sp³-hybridized carbons (Fsp3) is 0.0909. The van der Waals surface area contributed by atoms with Crippen LogP contribution in [0.1, 0.15) is 16.7 Å². The molecule has 0 spiro atoms. The van der Waals surface area contributed by atoms with E-state index in [2.05, 4.69) is 16.1 Å². The number of nitro benzene ring substituents is 1. The zero-order valence-corrected chi connectivity index (χ0v) is 15.8. The van der Waals surface area contributed by atoms with Gasteiger partial charge in [0.2, 0.25) is 0 Å². The van der Waals surface area contributed by atoms with Gasteiger partial charge in [-0.3, -0.25) is 10.1 Å². The van der Waals surface area contributed by atoms with Crippen LogP contribution in [0.25, 0.3) is 16.9 Å². The van der Waals surface area contributed by atoms with E-state index in [9.17, 15) is 18.9 Å². The van der Waals surface area contributed by atoms with E-state index in [0.29, 0.717) is 22.5 Å². The first-order chi connectivity index (χ1) is 14.4. The van der Waals surface area contributed by atoms with Crippen molar-refractivity contribution in [2.75, 3.05) is 0 Å². The minimum Gasteiger partial charge on any atom is -0.258 e. The maximum absolute atomic E-state index is 14.1. The van der Waals surface area contributed by atoms with Crippen LogP contribution in [0.15, 0.2) is 61.1 Å². The Morgan fingerprint density at radius 1 is 1.17 bits per heavy atom. The maximum Gasteiger partial charge on any atom is 0.280 e. The lowest BCUT2D eigenvalue weighted by Crippen LogP contribution is -2.02. The Kier molecular flexibility index (Phi) is 5.05. The van der Waals surface area contributed by atoms with Crippen molar-refractivity contribution in [3.63, 3.8) is 0 Å². The zero-order chi connectivity index (χ0) is 21.3. The van der Waals surface area contributed by atoms with Crippen molar-refractivity contribution in [3.8, 4) is 16.9 Å². The number of hydrogen-bond acceptors (Lipinski definition) is 4. The molecule has 0 amide bonds. The number of hydrogen-bond donors (Lipinski definition) is 0. The summed E-state index contributed by atoms with van der Waals surface area (Å²) in [6.45, 7) is 1.55. The van der Waals surface area contributed by atoms with Crippen LogP contribution in [0, 0.1) is 34.7 Å². The fourth-order valence-corrected chi connectivity index (χ4v) is 3.31. The van der Waals surface area contributed by atoms with Crippen LogP contribution >= 0.6 is 0 Å². The number of nitrogens with zero attached hydrogens (tertiary/aromatic N) is 4. The minimum absolute atomic E-state index is 0.0802. The van der Waals surface area contributed by atoms with E-state index in [1.54, 1.807) is 42.2 Å². The van der Waals surface area contributed by atoms with Gasteiger partial charge < -0.3 is 0 Å². The summed E-state index contributed by atoms with van der Waals surface area (Å²) in [7, 11) is 0. The molecule has 0 unspecified atom stereocenters. The first-order valence-corrected chi connectivity index (χ1v) is 9.03. The molecule has 149 valence electrons. The molecule has 2 aromatic carbocycles. The van der Waals surface area contributed by atoms with E-state index < -0.39 is 16.6 Å². The van der Waals surface area contributed by atoms with Crippen LogP contribution in [-0.4, -0.2) is 19.7 Å². The molecule has 0 aliphatic rings. The summed E-state index contributed by atoms with van der Waals surface area (Å²) in [5, 5.41) is 15.8. The summed E-state index contributed by atoms with van der Waals surface area (Å²) in [5.41, 5.74) is 1.29. The number of benzene rings is 2. The molecule has 6 nitrogen and oxygen atoms in total. The van der Waals surface area contributed by atoms with Gasteiger partial charge in [0.15, 0.2) is 5.82 Å². The van der Waals surface area contributed by atoms with Crippen LogP contribution < -0.4 is 0 Å². The van der Waals surface area contributed by atoms with E-state index in [0.717, 1.165) is 0 Å². The highest BCUT2D eigenvalue weighted by atomic mass is 19.1. The molecule has 0 N–H and O–H groups in total. The lowest BCUT2D eigenvalue weighted by Gasteiger charge is -2.11. The second-order valence-corrected chi connectivity index (χ2v) is 6.67. The van der Waals surface area contributed by atoms with Crippen molar-refractivity contribution in [3.05, 3.63) is 106 Å². The molecule has 0 saturated carbocycles. The Hall–Kier alpha value is -3.94. The molecule has 0 fully saturated rings. The predicted molar refractivity (Wildman–Crippen MR) is 106 cm³/mol. The fourth-order valence-electron chi connectivity index (χ4n) is 3.31. The van der Waals surface area contributed by atoms with E-state index >= 15 is 0 Å². The first-order valence-electron chi connectivity index (χ1n) is 9.03. The lowest BCUT2D eigenvalue weighted by atomic mass is 9.95. The molecule has 4 aromatic rings. The number of halogens is 2. The number of rotatable bonds is 5. The molecule has 0 aliphatic heterocycles. The van der Waals surface area contributed by atoms with Crippen LogP contribution in [0.5, 0.6) is 0 Å². The summed E-state index contributed by atoms with van der Waals surface area (Å²) in [4.78, 5) is 15.5. The third-order valence-electron chi connectivity index (χ3n) is 4.69. The molecular formula is C22H15F2N4O2. The highest BCUT2D eigenvalue weighted by Gasteiger charge is 2.22. The summed E-state index contributed by atoms with van der Waals surface area (Å²) in [5.74, 6) is -0.795. The first kappa shape index (κ1) is 19.4. The average Bonchev–Trinajstić information content (AvgIpc) is 3.25. The van der Waals surface area contributed by atoms with Gasteiger partial charge in [-0.1, -0.05) is 6.07 Å². The predicted octanol–water partition coefficient (Wildman–Crippen LogP) is 4.82. The molecule has 0 aliphatic carbocycles. The van der Waals surface area contributed by atoms with Crippen LogP contribution in [0.3, 0.4) is 0 Å². The second-order valence-electron chi connectivity index (χ2n) is 6.67. The molecule has 2 aromatic heterocycles. The SMILES string of the molecule is Cc1[c]c(Cc2c(F)cccc2F)cc(-c2ccc(-n3cccn3)nc2)c1[N+](=O)[O-]. The zero-order valence-electron chi connectivity index (χ0n) is 15.8. The molecule has 4 rings (SSSR count). The topological polar surface area (TPSA) is 73.8 Å². The van der Waals surface area contributed by atoms with E-state index in [1.165, 1.54) is 30.5 Å². The molecule has 1 radical (unpaired) electrons. The molecule has 2 heterocycles. The summed E-state index contributed by atoms with van der Waals surface area (Å²) in [6, 6.07) is 13.2. The summed E-state index contributed by atoms with van der Waals surface area (Å²) >= 11 is 0. The highest BCUT2D eigenvalue weighted by Crippen LogP contribution is 2.34. The molecule has 30 heavy (non-hydrogen) atoms. The summed E-state index contributed by atoms with van der Waals surface area (Å²) in [6.07, 6.45) is 4.77. The third-order valence-corrected chi connectivity index (χ3v) is 4.69. The summed E-state index contributed by atoms with van der Waals surface area (Å²) < 4.78 is 29.7. The highest BCUT2D eigenvalue weighted by molar-refractivity contribution is 5.76. The van der Waals surface area contributed by atoms with Crippen molar-refractivity contribution < 1.29 is 13.7 Å². The van der Waals surface area contributed by atoms with E-state index in [4.69, 9.17) is 0 Å². The third kappa shape index (κ3) is 3.67. The van der Waals surface area contributed by atoms with Gasteiger partial charge in [-0.05, 0) is 55.0 Å². The molecule has 0 saturated heterocycles. The van der Waals surface area contributed by atoms with Crippen LogP contribution in [-0.2, 0) is 6.42 Å². The Bertz CT molecular complexity index is 1200. The van der Waals surface area contributed by atoms with E-state index in [1.807, 2.05) is 0 Å². The van der Waals surface area contributed by atoms with Crippen molar-refractivity contribution in [1.82, 2.24) is 14.8 Å². The quantitative estimate of drug-likeness (QED) is 0.352. The Labute approximate surface area is 170 Å². The van der Waals surface area contributed by atoms with Gasteiger partial charge in [-0.25, -0.2) is 18.4 Å². The van der Waals surface area contributed by atoms with Crippen molar-refractivity contribution in [1.29, 1.82) is 0 Å². The van der Waals surface area contributed by atoms with Gasteiger partial charge in [-0.2, -0.15) is 5.10 Å². The van der Waals surface area contributed by atoms with Crippen LogP contribution in [0.4, 0.5) is 14.5 Å². The number of aromatic nitrogens is 3. The van der Waals surface area contributed by atoms with Crippen molar-refractivity contribution in [2.45, 2.75) is 13.3 Å². The lowest BCUT2D eigenvalue weighted by molar-refractivity contribution is -0.384. The second kappa shape index (κ2) is 7.82. The number of pyridine rings is 1. The molecule has 8 heteroatoms. The van der Waals surface area contributed by atoms with E-state index in [-0.39, 0.29) is 23.2 Å². The Morgan fingerprint density at radius 3 is 2.53 bits per heavy atom. The van der Waals surface area contributed by atoms with Gasteiger partial charge in [0.05, 0.1) is 10.5 Å². The van der Waals surface area contributed by atoms with Gasteiger partial charge in [0.1, 0.15) is 11.6 Å². The average molecular weight is 405 g/mol. The number of nitro groups is 1. The molecule has 0 bridgehead atoms. The maximum atomic E-state index is 14.1. The molecular weight excluding hydrogens is 390 g/mol. The normalized spacial score (nSPS) is 10.9. The van der Waals surface area contributed by atoms with Gasteiger partial charge in [0.25, 0.3) is 5.69 Å². The number of aryl methyl sites for hydroxylation is 1. The van der Waals surface area contributed by atoms with Crippen LogP contribution in [0.2, 0.25) is 0 Å². The Morgan fingerprint density at radius 2 is 1.93 bits per heavy atom. The standard InChI is InChI=1S/C22H15F2N4O2/c1-14-10-15(12-18-19(23)4-2-5-20(18)24)11-17(22(14)28(29)30)16-6-7-21(25-13-16)27-9-3-8-26-27/h2-9,11,13H,12H2,1H3. The van der Waals surface area contributed by atoms with Crippen molar-refractivity contribution >= 4 is 5.69 Å². The van der Waals surface area contributed by atoms with Crippen molar-refractivity contribution in [2.24, 2.45) is 0 Å². The minimum atomic E-state index is -0.675. The Balaban J connectivity index is 1.79. The van der Waals surface area contributed by atoms with Gasteiger partial charge in [-0.15, -0.1) is 0 Å². The smallest absolute Gasteiger partial charge is 0.258 e.